The lowest BCUT2D eigenvalue weighted by molar-refractivity contribution is 0.551. The van der Waals surface area contributed by atoms with Crippen LogP contribution < -0.4 is 10.9 Å². The van der Waals surface area contributed by atoms with Crippen LogP contribution in [-0.2, 0) is 13.1 Å². The van der Waals surface area contributed by atoms with Crippen molar-refractivity contribution in [2.45, 2.75) is 33.4 Å². The fourth-order valence-electron chi connectivity index (χ4n) is 1.42. The summed E-state index contributed by atoms with van der Waals surface area (Å²) in [7, 11) is 1.83. The van der Waals surface area contributed by atoms with E-state index in [-0.39, 0.29) is 5.56 Å². The molecule has 0 unspecified atom stereocenters. The number of rotatable bonds is 4. The molecule has 0 saturated heterocycles. The van der Waals surface area contributed by atoms with Crippen LogP contribution in [0.4, 0.5) is 0 Å². The third kappa shape index (κ3) is 2.42. The van der Waals surface area contributed by atoms with Crippen LogP contribution in [0, 0.1) is 6.92 Å². The van der Waals surface area contributed by atoms with Crippen molar-refractivity contribution in [3.05, 3.63) is 27.7 Å². The van der Waals surface area contributed by atoms with E-state index in [4.69, 9.17) is 0 Å². The SMILES string of the molecule is CCCn1nc(C)cc(CNC)c1=O. The molecular weight excluding hydrogens is 178 g/mol. The van der Waals surface area contributed by atoms with Crippen LogP contribution in [0.2, 0.25) is 0 Å². The topological polar surface area (TPSA) is 46.9 Å². The minimum atomic E-state index is 0.0202. The van der Waals surface area contributed by atoms with E-state index >= 15 is 0 Å². The van der Waals surface area contributed by atoms with E-state index in [2.05, 4.69) is 10.4 Å². The van der Waals surface area contributed by atoms with Crippen molar-refractivity contribution in [2.24, 2.45) is 0 Å². The smallest absolute Gasteiger partial charge is 0.271 e. The Morgan fingerprint density at radius 3 is 2.86 bits per heavy atom. The molecule has 0 aliphatic heterocycles. The molecule has 1 heterocycles. The largest absolute Gasteiger partial charge is 0.315 e. The Morgan fingerprint density at radius 2 is 2.29 bits per heavy atom. The average Bonchev–Trinajstić information content (AvgIpc) is 2.14. The van der Waals surface area contributed by atoms with Gasteiger partial charge in [0, 0.05) is 18.7 Å². The molecule has 0 bridgehead atoms. The highest BCUT2D eigenvalue weighted by Crippen LogP contribution is 1.95. The van der Waals surface area contributed by atoms with Gasteiger partial charge in [0.15, 0.2) is 0 Å². The molecule has 0 aliphatic carbocycles. The summed E-state index contributed by atoms with van der Waals surface area (Å²) in [4.78, 5) is 11.8. The van der Waals surface area contributed by atoms with Crippen molar-refractivity contribution in [2.75, 3.05) is 7.05 Å². The van der Waals surface area contributed by atoms with Gasteiger partial charge in [0.1, 0.15) is 0 Å². The molecule has 0 saturated carbocycles. The third-order valence-electron chi connectivity index (χ3n) is 1.97. The van der Waals surface area contributed by atoms with Crippen molar-refractivity contribution < 1.29 is 0 Å². The molecule has 0 spiro atoms. The molecule has 4 nitrogen and oxygen atoms in total. The minimum absolute atomic E-state index is 0.0202. The van der Waals surface area contributed by atoms with E-state index in [1.807, 2.05) is 27.0 Å². The number of aromatic nitrogens is 2. The van der Waals surface area contributed by atoms with Gasteiger partial charge in [0.2, 0.25) is 0 Å². The zero-order valence-electron chi connectivity index (χ0n) is 9.00. The van der Waals surface area contributed by atoms with Crippen molar-refractivity contribution in [1.29, 1.82) is 0 Å². The van der Waals surface area contributed by atoms with Crippen LogP contribution in [0.5, 0.6) is 0 Å². The molecule has 1 N–H and O–H groups in total. The molecule has 0 atom stereocenters. The summed E-state index contributed by atoms with van der Waals surface area (Å²) in [6, 6.07) is 1.84. The highest BCUT2D eigenvalue weighted by molar-refractivity contribution is 5.12. The lowest BCUT2D eigenvalue weighted by atomic mass is 10.2. The zero-order chi connectivity index (χ0) is 10.6. The van der Waals surface area contributed by atoms with Gasteiger partial charge in [-0.2, -0.15) is 5.10 Å². The molecule has 78 valence electrons. The molecule has 0 fully saturated rings. The first-order valence-corrected chi connectivity index (χ1v) is 4.91. The second kappa shape index (κ2) is 4.91. The van der Waals surface area contributed by atoms with Crippen LogP contribution in [0.25, 0.3) is 0 Å². The number of aryl methyl sites for hydroxylation is 2. The van der Waals surface area contributed by atoms with E-state index < -0.39 is 0 Å². The first-order chi connectivity index (χ1) is 6.69. The maximum Gasteiger partial charge on any atom is 0.271 e. The summed E-state index contributed by atoms with van der Waals surface area (Å²) in [6.45, 7) is 5.24. The summed E-state index contributed by atoms with van der Waals surface area (Å²) < 4.78 is 1.54. The number of hydrogen-bond donors (Lipinski definition) is 1. The molecule has 0 aliphatic rings. The van der Waals surface area contributed by atoms with Crippen LogP contribution in [-0.4, -0.2) is 16.8 Å². The Labute approximate surface area is 84.0 Å². The molecular formula is C10H17N3O. The number of nitrogens with one attached hydrogen (secondary N) is 1. The monoisotopic (exact) mass is 195 g/mol. The van der Waals surface area contributed by atoms with Gasteiger partial charge in [-0.25, -0.2) is 4.68 Å². The van der Waals surface area contributed by atoms with Gasteiger partial charge >= 0.3 is 0 Å². The van der Waals surface area contributed by atoms with Gasteiger partial charge in [0.25, 0.3) is 5.56 Å². The summed E-state index contributed by atoms with van der Waals surface area (Å²) in [5.41, 5.74) is 1.70. The zero-order valence-corrected chi connectivity index (χ0v) is 9.00. The first kappa shape index (κ1) is 10.9. The van der Waals surface area contributed by atoms with E-state index in [1.165, 1.54) is 0 Å². The highest BCUT2D eigenvalue weighted by Gasteiger charge is 2.04. The molecule has 0 aromatic carbocycles. The number of hydrogen-bond acceptors (Lipinski definition) is 3. The average molecular weight is 195 g/mol. The molecule has 1 rings (SSSR count). The van der Waals surface area contributed by atoms with Gasteiger partial charge in [-0.15, -0.1) is 0 Å². The van der Waals surface area contributed by atoms with Gasteiger partial charge < -0.3 is 5.32 Å². The van der Waals surface area contributed by atoms with Gasteiger partial charge in [-0.05, 0) is 26.5 Å². The predicted molar refractivity (Wildman–Crippen MR) is 56.3 cm³/mol. The fraction of sp³-hybridized carbons (Fsp3) is 0.600. The third-order valence-corrected chi connectivity index (χ3v) is 1.97. The maximum atomic E-state index is 11.8. The predicted octanol–water partition coefficient (Wildman–Crippen LogP) is 0.681. The van der Waals surface area contributed by atoms with Crippen LogP contribution in [0.3, 0.4) is 0 Å². The normalized spacial score (nSPS) is 10.5. The summed E-state index contributed by atoms with van der Waals surface area (Å²) >= 11 is 0. The summed E-state index contributed by atoms with van der Waals surface area (Å²) in [6.07, 6.45) is 0.926. The van der Waals surface area contributed by atoms with Gasteiger partial charge in [-0.1, -0.05) is 6.92 Å². The Kier molecular flexibility index (Phi) is 3.83. The Morgan fingerprint density at radius 1 is 1.57 bits per heavy atom. The van der Waals surface area contributed by atoms with Crippen LogP contribution in [0.1, 0.15) is 24.6 Å². The van der Waals surface area contributed by atoms with Gasteiger partial charge in [-0.3, -0.25) is 4.79 Å². The van der Waals surface area contributed by atoms with E-state index in [9.17, 15) is 4.79 Å². The number of nitrogens with zero attached hydrogens (tertiary/aromatic N) is 2. The fourth-order valence-corrected chi connectivity index (χ4v) is 1.42. The summed E-state index contributed by atoms with van der Waals surface area (Å²) in [5.74, 6) is 0. The lowest BCUT2D eigenvalue weighted by Gasteiger charge is -2.07. The molecule has 1 aromatic rings. The standard InChI is InChI=1S/C10H17N3O/c1-4-5-13-10(14)9(7-11-3)6-8(2)12-13/h6,11H,4-5,7H2,1-3H3. The molecule has 4 heteroatoms. The Balaban J connectivity index is 3.11. The van der Waals surface area contributed by atoms with E-state index in [0.717, 1.165) is 17.7 Å². The molecule has 1 aromatic heterocycles. The van der Waals surface area contributed by atoms with Crippen molar-refractivity contribution in [1.82, 2.24) is 15.1 Å². The Bertz CT molecular complexity index is 327. The highest BCUT2D eigenvalue weighted by atomic mass is 16.1. The van der Waals surface area contributed by atoms with Crippen molar-refractivity contribution in [3.63, 3.8) is 0 Å². The molecule has 0 radical (unpaired) electrons. The minimum Gasteiger partial charge on any atom is -0.315 e. The molecule has 0 amide bonds. The maximum absolute atomic E-state index is 11.8. The lowest BCUT2D eigenvalue weighted by Crippen LogP contribution is -2.28. The second-order valence-electron chi connectivity index (χ2n) is 3.37. The van der Waals surface area contributed by atoms with E-state index in [0.29, 0.717) is 13.1 Å². The quantitative estimate of drug-likeness (QED) is 0.768. The molecule has 14 heavy (non-hydrogen) atoms. The van der Waals surface area contributed by atoms with Gasteiger partial charge in [0.05, 0.1) is 5.69 Å². The van der Waals surface area contributed by atoms with Crippen molar-refractivity contribution in [3.8, 4) is 0 Å². The first-order valence-electron chi connectivity index (χ1n) is 4.91. The van der Waals surface area contributed by atoms with E-state index in [1.54, 1.807) is 4.68 Å². The van der Waals surface area contributed by atoms with Crippen LogP contribution in [0.15, 0.2) is 10.9 Å². The second-order valence-corrected chi connectivity index (χ2v) is 3.37. The Hall–Kier alpha value is -1.16. The summed E-state index contributed by atoms with van der Waals surface area (Å²) in [5, 5.41) is 7.16. The van der Waals surface area contributed by atoms with Crippen molar-refractivity contribution >= 4 is 0 Å². The van der Waals surface area contributed by atoms with Crippen LogP contribution >= 0.6 is 0 Å².